The molecule has 2 heterocycles. The van der Waals surface area contributed by atoms with E-state index in [1.807, 2.05) is 0 Å². The van der Waals surface area contributed by atoms with E-state index in [-0.39, 0.29) is 11.5 Å². The van der Waals surface area contributed by atoms with Crippen LogP contribution in [0, 0.1) is 0 Å². The van der Waals surface area contributed by atoms with E-state index in [1.54, 1.807) is 0 Å². The first kappa shape index (κ1) is 35.0. The third kappa shape index (κ3) is 5.86. The fourth-order valence-electron chi connectivity index (χ4n) is 9.76. The van der Waals surface area contributed by atoms with Gasteiger partial charge in [-0.15, -0.1) is 0 Å². The Morgan fingerprint density at radius 2 is 1.00 bits per heavy atom. The van der Waals surface area contributed by atoms with Crippen molar-refractivity contribution in [3.63, 3.8) is 0 Å². The highest BCUT2D eigenvalue weighted by Gasteiger charge is 2.41. The normalized spacial score (nSPS) is 15.5. The van der Waals surface area contributed by atoms with Crippen molar-refractivity contribution >= 4 is 34.0 Å². The molecule has 0 amide bonds. The van der Waals surface area contributed by atoms with Gasteiger partial charge in [0.25, 0.3) is 0 Å². The number of hydrogen-bond donors (Lipinski definition) is 0. The highest BCUT2D eigenvalue weighted by atomic mass is 15.2. The number of allylic oxidation sites excluding steroid dienone is 2. The predicted octanol–water partition coefficient (Wildman–Crippen LogP) is 15.3. The Labute approximate surface area is 347 Å². The van der Waals surface area contributed by atoms with Crippen LogP contribution >= 0.6 is 0 Å². The molecule has 282 valence electrons. The fraction of sp³-hybridized carbons (Fsp3) is 0.0877. The molecular weight excluding hydrogens is 713 g/mol. The van der Waals surface area contributed by atoms with E-state index < -0.39 is 0 Å². The van der Waals surface area contributed by atoms with Crippen molar-refractivity contribution in [1.29, 1.82) is 0 Å². The van der Waals surface area contributed by atoms with Crippen molar-refractivity contribution in [2.45, 2.75) is 31.7 Å². The minimum absolute atomic E-state index is 0.115. The summed E-state index contributed by atoms with van der Waals surface area (Å²) in [5, 5.41) is 0. The quantitative estimate of drug-likeness (QED) is 0.167. The Bertz CT molecular complexity index is 2870. The average molecular weight is 757 g/mol. The molecule has 11 rings (SSSR count). The summed E-state index contributed by atoms with van der Waals surface area (Å²) in [6.45, 7) is 4.80. The van der Waals surface area contributed by atoms with Gasteiger partial charge in [-0.2, -0.15) is 0 Å². The molecule has 8 aromatic carbocycles. The molecule has 0 N–H and O–H groups in total. The number of anilines is 5. The topological polar surface area (TPSA) is 6.48 Å². The van der Waals surface area contributed by atoms with E-state index in [9.17, 15) is 0 Å². The van der Waals surface area contributed by atoms with Crippen LogP contribution in [-0.2, 0) is 5.41 Å². The molecule has 0 bridgehead atoms. The lowest BCUT2D eigenvalue weighted by Gasteiger charge is -2.43. The minimum Gasteiger partial charge on any atom is -0.334 e. The summed E-state index contributed by atoms with van der Waals surface area (Å²) in [4.78, 5) is 5.06. The van der Waals surface area contributed by atoms with Crippen LogP contribution in [0.4, 0.5) is 28.4 Å². The number of benzene rings is 8. The van der Waals surface area contributed by atoms with Crippen molar-refractivity contribution in [2.75, 3.05) is 9.80 Å². The van der Waals surface area contributed by atoms with Crippen molar-refractivity contribution in [3.8, 4) is 44.5 Å². The predicted molar refractivity (Wildman–Crippen MR) is 249 cm³/mol. The maximum atomic E-state index is 2.54. The Morgan fingerprint density at radius 3 is 1.63 bits per heavy atom. The van der Waals surface area contributed by atoms with E-state index in [2.05, 4.69) is 236 Å². The zero-order chi connectivity index (χ0) is 39.5. The van der Waals surface area contributed by atoms with Crippen LogP contribution in [-0.4, -0.2) is 6.04 Å². The summed E-state index contributed by atoms with van der Waals surface area (Å²) in [6, 6.07) is 71.4. The molecule has 0 radical (unpaired) electrons. The molecule has 0 saturated carbocycles. The zero-order valence-electron chi connectivity index (χ0n) is 33.4. The van der Waals surface area contributed by atoms with E-state index in [0.717, 1.165) is 6.42 Å². The number of fused-ring (bicyclic) bond motifs is 7. The largest absolute Gasteiger partial charge is 0.334 e. The Balaban J connectivity index is 1.04. The molecular formula is C57H44N2. The minimum atomic E-state index is -0.215. The summed E-state index contributed by atoms with van der Waals surface area (Å²) < 4.78 is 0. The van der Waals surface area contributed by atoms with Gasteiger partial charge in [0.1, 0.15) is 0 Å². The van der Waals surface area contributed by atoms with Gasteiger partial charge in [-0.3, -0.25) is 0 Å². The monoisotopic (exact) mass is 756 g/mol. The third-order valence-corrected chi connectivity index (χ3v) is 12.7. The molecule has 0 fully saturated rings. The summed E-state index contributed by atoms with van der Waals surface area (Å²) in [5.41, 5.74) is 21.1. The van der Waals surface area contributed by atoms with Crippen LogP contribution < -0.4 is 9.80 Å². The van der Waals surface area contributed by atoms with Crippen LogP contribution in [0.1, 0.15) is 37.0 Å². The van der Waals surface area contributed by atoms with E-state index in [0.29, 0.717) is 0 Å². The van der Waals surface area contributed by atoms with Gasteiger partial charge in [0.05, 0.1) is 23.1 Å². The Morgan fingerprint density at radius 1 is 0.458 bits per heavy atom. The zero-order valence-corrected chi connectivity index (χ0v) is 33.4. The molecule has 2 aliphatic heterocycles. The molecule has 1 unspecified atom stereocenters. The standard InChI is InChI=1S/C57H44N2/c1-57(2)52-28-12-14-30-55(52)59-54-29-13-11-27-50(54)48-25-9-10-26-49(48)51-37-44(38-53(57)56(51)59)41-31-33-45(34-32-41)58(46-23-15-21-42(35-46)39-17-5-3-6-18-39)47-24-16-22-43(36-47)40-19-7-4-8-20-40/h3-33,35-38,45H,34H2,1-2H3. The van der Waals surface area contributed by atoms with E-state index in [1.165, 1.54) is 95.2 Å². The van der Waals surface area contributed by atoms with Crippen LogP contribution in [0.15, 0.2) is 212 Å². The van der Waals surface area contributed by atoms with E-state index in [4.69, 9.17) is 0 Å². The summed E-state index contributed by atoms with van der Waals surface area (Å²) in [6.07, 6.45) is 8.13. The molecule has 3 aliphatic rings. The van der Waals surface area contributed by atoms with Crippen LogP contribution in [0.25, 0.3) is 50.1 Å². The van der Waals surface area contributed by atoms with Gasteiger partial charge < -0.3 is 9.80 Å². The van der Waals surface area contributed by atoms with Gasteiger partial charge in [-0.1, -0.05) is 178 Å². The summed E-state index contributed by atoms with van der Waals surface area (Å²) in [5.74, 6) is 0. The molecule has 1 aliphatic carbocycles. The first-order valence-electron chi connectivity index (χ1n) is 20.8. The maximum Gasteiger partial charge on any atom is 0.0581 e. The van der Waals surface area contributed by atoms with Crippen molar-refractivity contribution in [3.05, 3.63) is 229 Å². The van der Waals surface area contributed by atoms with Gasteiger partial charge in [0, 0.05) is 27.9 Å². The first-order chi connectivity index (χ1) is 29.0. The van der Waals surface area contributed by atoms with Crippen molar-refractivity contribution < 1.29 is 0 Å². The molecule has 0 saturated heterocycles. The molecule has 0 aromatic heterocycles. The van der Waals surface area contributed by atoms with Gasteiger partial charge in [-0.05, 0) is 111 Å². The van der Waals surface area contributed by atoms with Gasteiger partial charge in [0.2, 0.25) is 0 Å². The summed E-state index contributed by atoms with van der Waals surface area (Å²) >= 11 is 0. The molecule has 2 nitrogen and oxygen atoms in total. The van der Waals surface area contributed by atoms with Crippen LogP contribution in [0.5, 0.6) is 0 Å². The second-order valence-electron chi connectivity index (χ2n) is 16.5. The lowest BCUT2D eigenvalue weighted by atomic mass is 9.71. The maximum absolute atomic E-state index is 2.54. The van der Waals surface area contributed by atoms with Gasteiger partial charge >= 0.3 is 0 Å². The number of para-hydroxylation sites is 2. The fourth-order valence-corrected chi connectivity index (χ4v) is 9.76. The van der Waals surface area contributed by atoms with Crippen LogP contribution in [0.3, 0.4) is 0 Å². The summed E-state index contributed by atoms with van der Waals surface area (Å²) in [7, 11) is 0. The van der Waals surface area contributed by atoms with Crippen molar-refractivity contribution in [2.24, 2.45) is 0 Å². The molecule has 59 heavy (non-hydrogen) atoms. The SMILES string of the molecule is CC1(C)c2ccccc2N2c3ccccc3-c3ccccc3-c3cc(C4=CCC(N(c5cccc(-c6ccccc6)c5)c5cccc(-c6ccccc6)c5)C=C4)cc1c32. The van der Waals surface area contributed by atoms with Crippen molar-refractivity contribution in [1.82, 2.24) is 0 Å². The average Bonchev–Trinajstić information content (AvgIpc) is 3.42. The Hall–Kier alpha value is -7.16. The smallest absolute Gasteiger partial charge is 0.0581 e. The second-order valence-corrected chi connectivity index (χ2v) is 16.5. The third-order valence-electron chi connectivity index (χ3n) is 12.7. The van der Waals surface area contributed by atoms with Gasteiger partial charge in [-0.25, -0.2) is 0 Å². The lowest BCUT2D eigenvalue weighted by molar-refractivity contribution is 0.632. The number of nitrogens with zero attached hydrogens (tertiary/aromatic N) is 2. The first-order valence-corrected chi connectivity index (χ1v) is 20.8. The number of hydrogen-bond acceptors (Lipinski definition) is 2. The highest BCUT2D eigenvalue weighted by Crippen LogP contribution is 2.59. The van der Waals surface area contributed by atoms with Crippen LogP contribution in [0.2, 0.25) is 0 Å². The molecule has 2 heteroatoms. The highest BCUT2D eigenvalue weighted by molar-refractivity contribution is 6.06. The molecule has 0 spiro atoms. The molecule has 8 aromatic rings. The van der Waals surface area contributed by atoms with Gasteiger partial charge in [0.15, 0.2) is 0 Å². The second kappa shape index (κ2) is 14.0. The van der Waals surface area contributed by atoms with E-state index >= 15 is 0 Å². The Kier molecular flexibility index (Phi) is 8.34. The number of rotatable bonds is 6. The molecule has 1 atom stereocenters. The lowest BCUT2D eigenvalue weighted by Crippen LogP contribution is -2.31.